The third-order valence-corrected chi connectivity index (χ3v) is 6.13. The van der Waals surface area contributed by atoms with Crippen molar-refractivity contribution in [2.45, 2.75) is 19.1 Å². The number of hydrogen-bond donors (Lipinski definition) is 1. The lowest BCUT2D eigenvalue weighted by molar-refractivity contribution is 0.0843. The predicted octanol–water partition coefficient (Wildman–Crippen LogP) is 3.94. The van der Waals surface area contributed by atoms with Crippen molar-refractivity contribution in [3.63, 3.8) is 0 Å². The van der Waals surface area contributed by atoms with Gasteiger partial charge in [0.15, 0.2) is 0 Å². The average molecular weight is 445 g/mol. The highest BCUT2D eigenvalue weighted by Crippen LogP contribution is 2.24. The minimum absolute atomic E-state index is 0.112. The second-order valence-corrected chi connectivity index (χ2v) is 8.54. The van der Waals surface area contributed by atoms with Crippen LogP contribution in [-0.2, 0) is 0 Å². The molecular weight excluding hydrogens is 412 g/mol. The maximum Gasteiger partial charge on any atom is 0.252 e. The zero-order valence-corrected chi connectivity index (χ0v) is 19.4. The van der Waals surface area contributed by atoms with Crippen LogP contribution in [0.25, 0.3) is 0 Å². The molecule has 0 aliphatic carbocycles. The van der Waals surface area contributed by atoms with E-state index in [1.54, 1.807) is 18.3 Å². The fourth-order valence-electron chi connectivity index (χ4n) is 4.19. The van der Waals surface area contributed by atoms with Gasteiger partial charge in [0.25, 0.3) is 5.91 Å². The number of likely N-dealkylation sites (N-methyl/N-ethyl adjacent to an activating group) is 1. The molecule has 0 spiro atoms. The first kappa shape index (κ1) is 23.0. The monoisotopic (exact) mass is 444 g/mol. The Hall–Kier alpha value is -3.22. The second-order valence-electron chi connectivity index (χ2n) is 8.54. The molecule has 0 unspecified atom stereocenters. The van der Waals surface area contributed by atoms with Crippen LogP contribution in [0.15, 0.2) is 79.0 Å². The topological polar surface area (TPSA) is 57.7 Å². The van der Waals surface area contributed by atoms with Gasteiger partial charge in [-0.25, -0.2) is 4.98 Å². The van der Waals surface area contributed by atoms with Crippen LogP contribution < -0.4 is 10.1 Å². The lowest BCUT2D eigenvalue weighted by atomic mass is 10.0. The number of carbonyl (C=O) groups is 1. The summed E-state index contributed by atoms with van der Waals surface area (Å²) in [5, 5.41) is 3.04. The number of aromatic nitrogens is 1. The number of hydrogen-bond acceptors (Lipinski definition) is 5. The zero-order chi connectivity index (χ0) is 23.0. The summed E-state index contributed by atoms with van der Waals surface area (Å²) >= 11 is 0. The van der Waals surface area contributed by atoms with Crippen LogP contribution in [-0.4, -0.2) is 60.5 Å². The normalized spacial score (nSPS) is 17.9. The van der Waals surface area contributed by atoms with E-state index in [-0.39, 0.29) is 12.0 Å². The lowest BCUT2D eigenvalue weighted by Gasteiger charge is -2.40. The van der Waals surface area contributed by atoms with Crippen LogP contribution in [0.5, 0.6) is 5.88 Å². The smallest absolute Gasteiger partial charge is 0.252 e. The van der Waals surface area contributed by atoms with E-state index < -0.39 is 0 Å². The number of ether oxygens (including phenoxy) is 1. The van der Waals surface area contributed by atoms with E-state index in [0.717, 1.165) is 31.7 Å². The second kappa shape index (κ2) is 11.1. The Kier molecular flexibility index (Phi) is 7.70. The highest BCUT2D eigenvalue weighted by atomic mass is 16.5. The molecule has 6 heteroatoms. The molecule has 172 valence electrons. The molecule has 1 N–H and O–H groups in total. The van der Waals surface area contributed by atoms with E-state index in [9.17, 15) is 4.79 Å². The number of benzene rings is 2. The van der Waals surface area contributed by atoms with Crippen LogP contribution >= 0.6 is 0 Å². The Morgan fingerprint density at radius 3 is 2.48 bits per heavy atom. The van der Waals surface area contributed by atoms with Gasteiger partial charge in [-0.3, -0.25) is 9.69 Å². The van der Waals surface area contributed by atoms with Gasteiger partial charge >= 0.3 is 0 Å². The Labute approximate surface area is 196 Å². The van der Waals surface area contributed by atoms with Gasteiger partial charge in [-0.05, 0) is 31.2 Å². The first-order valence-electron chi connectivity index (χ1n) is 11.5. The summed E-state index contributed by atoms with van der Waals surface area (Å²) in [5.41, 5.74) is 2.94. The van der Waals surface area contributed by atoms with Crippen LogP contribution in [0.1, 0.15) is 40.6 Å². The Morgan fingerprint density at radius 2 is 1.79 bits per heavy atom. The predicted molar refractivity (Wildman–Crippen MR) is 130 cm³/mol. The van der Waals surface area contributed by atoms with Crippen molar-refractivity contribution < 1.29 is 9.53 Å². The average Bonchev–Trinajstić information content (AvgIpc) is 2.86. The third kappa shape index (κ3) is 6.18. The molecule has 3 aromatic rings. The van der Waals surface area contributed by atoms with E-state index >= 15 is 0 Å². The first-order chi connectivity index (χ1) is 16.1. The Balaban J connectivity index is 1.28. The summed E-state index contributed by atoms with van der Waals surface area (Å²) in [4.78, 5) is 21.8. The zero-order valence-electron chi connectivity index (χ0n) is 19.4. The minimum atomic E-state index is -0.115. The van der Waals surface area contributed by atoms with Gasteiger partial charge in [0.2, 0.25) is 5.88 Å². The van der Waals surface area contributed by atoms with E-state index in [1.165, 1.54) is 5.56 Å². The first-order valence-corrected chi connectivity index (χ1v) is 11.5. The molecular formula is C27H32N4O2. The van der Waals surface area contributed by atoms with Crippen molar-refractivity contribution in [2.24, 2.45) is 0 Å². The van der Waals surface area contributed by atoms with Gasteiger partial charge in [0, 0.05) is 51.0 Å². The van der Waals surface area contributed by atoms with Gasteiger partial charge < -0.3 is 15.0 Å². The summed E-state index contributed by atoms with van der Waals surface area (Å²) < 4.78 is 5.90. The number of nitrogens with one attached hydrogen (secondary N) is 1. The van der Waals surface area contributed by atoms with Crippen LogP contribution in [0.2, 0.25) is 0 Å². The number of rotatable bonds is 8. The summed E-state index contributed by atoms with van der Waals surface area (Å²) in [7, 11) is 2.16. The molecule has 6 nitrogen and oxygen atoms in total. The SMILES string of the molecule is C[C@@H](Oc1ccc(C(=O)NCCN2CCN(C)C[C@@H]2c2ccccc2)cn1)c1ccccc1. The summed E-state index contributed by atoms with van der Waals surface area (Å²) in [6.45, 7) is 6.39. The molecule has 33 heavy (non-hydrogen) atoms. The molecule has 4 rings (SSSR count). The molecule has 0 bridgehead atoms. The molecule has 2 heterocycles. The quantitative estimate of drug-likeness (QED) is 0.570. The molecule has 1 fully saturated rings. The lowest BCUT2D eigenvalue weighted by Crippen LogP contribution is -2.49. The maximum absolute atomic E-state index is 12.6. The van der Waals surface area contributed by atoms with Gasteiger partial charge in [-0.1, -0.05) is 60.7 Å². The fraction of sp³-hybridized carbons (Fsp3) is 0.333. The minimum Gasteiger partial charge on any atom is -0.470 e. The van der Waals surface area contributed by atoms with Crippen molar-refractivity contribution in [2.75, 3.05) is 39.8 Å². The largest absolute Gasteiger partial charge is 0.470 e. The van der Waals surface area contributed by atoms with E-state index in [0.29, 0.717) is 24.0 Å². The molecule has 1 amide bonds. The van der Waals surface area contributed by atoms with E-state index in [4.69, 9.17) is 4.74 Å². The van der Waals surface area contributed by atoms with Gasteiger partial charge in [0.1, 0.15) is 6.10 Å². The van der Waals surface area contributed by atoms with Crippen molar-refractivity contribution >= 4 is 5.91 Å². The van der Waals surface area contributed by atoms with E-state index in [1.807, 2.05) is 43.3 Å². The molecule has 1 aliphatic heterocycles. The summed E-state index contributed by atoms with van der Waals surface area (Å²) in [6.07, 6.45) is 1.46. The Morgan fingerprint density at radius 1 is 1.06 bits per heavy atom. The molecule has 2 atom stereocenters. The highest BCUT2D eigenvalue weighted by Gasteiger charge is 2.26. The molecule has 1 aliphatic rings. The number of piperazine rings is 1. The van der Waals surface area contributed by atoms with Crippen LogP contribution in [0, 0.1) is 0 Å². The van der Waals surface area contributed by atoms with Crippen molar-refractivity contribution in [1.82, 2.24) is 20.1 Å². The number of nitrogens with zero attached hydrogens (tertiary/aromatic N) is 3. The number of carbonyl (C=O) groups excluding carboxylic acids is 1. The summed E-state index contributed by atoms with van der Waals surface area (Å²) in [5.74, 6) is 0.390. The third-order valence-electron chi connectivity index (χ3n) is 6.13. The fourth-order valence-corrected chi connectivity index (χ4v) is 4.19. The molecule has 1 aromatic heterocycles. The van der Waals surface area contributed by atoms with E-state index in [2.05, 4.69) is 51.4 Å². The van der Waals surface area contributed by atoms with Gasteiger partial charge in [-0.2, -0.15) is 0 Å². The van der Waals surface area contributed by atoms with Crippen molar-refractivity contribution in [3.05, 3.63) is 95.7 Å². The molecule has 1 saturated heterocycles. The van der Waals surface area contributed by atoms with Crippen LogP contribution in [0.3, 0.4) is 0 Å². The molecule has 0 radical (unpaired) electrons. The molecule has 0 saturated carbocycles. The van der Waals surface area contributed by atoms with Crippen molar-refractivity contribution in [3.8, 4) is 5.88 Å². The number of pyridine rings is 1. The van der Waals surface area contributed by atoms with Gasteiger partial charge in [0.05, 0.1) is 5.56 Å². The van der Waals surface area contributed by atoms with Crippen molar-refractivity contribution in [1.29, 1.82) is 0 Å². The molecule has 2 aromatic carbocycles. The maximum atomic E-state index is 12.6. The Bertz CT molecular complexity index is 1010. The van der Waals surface area contributed by atoms with Gasteiger partial charge in [-0.15, -0.1) is 0 Å². The van der Waals surface area contributed by atoms with Crippen LogP contribution in [0.4, 0.5) is 0 Å². The standard InChI is InChI=1S/C27H32N4O2/c1-21(22-9-5-3-6-10-22)33-26-14-13-24(19-29-26)27(32)28-15-16-31-18-17-30(2)20-25(31)23-11-7-4-8-12-23/h3-14,19,21,25H,15-18,20H2,1-2H3,(H,28,32)/t21-,25-/m1/s1. The summed E-state index contributed by atoms with van der Waals surface area (Å²) in [6, 6.07) is 24.4. The highest BCUT2D eigenvalue weighted by molar-refractivity contribution is 5.93. The number of amides is 1.